The molecule has 1 aromatic heterocycles. The number of benzene rings is 1. The molecule has 3 heterocycles. The summed E-state index contributed by atoms with van der Waals surface area (Å²) < 4.78 is 2.24. The highest BCUT2D eigenvalue weighted by atomic mass is 16.4. The highest BCUT2D eigenvalue weighted by Crippen LogP contribution is 2.31. The zero-order valence-electron chi connectivity index (χ0n) is 16.7. The Hall–Kier alpha value is -2.60. The van der Waals surface area contributed by atoms with Crippen molar-refractivity contribution >= 4 is 17.7 Å². The normalized spacial score (nSPS) is 25.0. The van der Waals surface area contributed by atoms with Crippen molar-refractivity contribution in [2.75, 3.05) is 26.2 Å². The Balaban J connectivity index is 1.30. The first kappa shape index (κ1) is 18.4. The number of carbonyl (C=O) groups excluding carboxylic acids is 1. The fourth-order valence-corrected chi connectivity index (χ4v) is 5.12. The van der Waals surface area contributed by atoms with Crippen LogP contribution in [-0.2, 0) is 11.3 Å². The summed E-state index contributed by atoms with van der Waals surface area (Å²) in [6.07, 6.45) is 9.71. The molecule has 0 atom stereocenters. The number of carbonyl (C=O) groups is 1. The van der Waals surface area contributed by atoms with Crippen molar-refractivity contribution in [3.8, 4) is 0 Å². The van der Waals surface area contributed by atoms with E-state index in [1.165, 1.54) is 16.8 Å². The van der Waals surface area contributed by atoms with E-state index < -0.39 is 5.97 Å². The molecule has 152 valence electrons. The Morgan fingerprint density at radius 3 is 2.55 bits per heavy atom. The predicted octanol–water partition coefficient (Wildman–Crippen LogP) is 1.67. The standard InChI is InChI=1S/C23H28N4O2/c28-23(29)17-5-7-20(8-6-17)25-11-13-26(14-12-25)21-15-18-3-1-2-4-19(18)16-27-10-9-24-22(21)27/h1-4,9-10,15,17,20H,5-8,11-14,16H2,(H,28,29)/p-1. The molecule has 0 N–H and O–H groups in total. The molecule has 0 bridgehead atoms. The third-order valence-corrected chi connectivity index (χ3v) is 6.83. The number of piperazine rings is 1. The number of nitrogens with zero attached hydrogens (tertiary/aromatic N) is 4. The first-order valence-electron chi connectivity index (χ1n) is 10.7. The number of carboxylic acids is 1. The van der Waals surface area contributed by atoms with Gasteiger partial charge in [-0.3, -0.25) is 4.90 Å². The molecule has 2 aromatic rings. The predicted molar refractivity (Wildman–Crippen MR) is 110 cm³/mol. The molecule has 0 amide bonds. The highest BCUT2D eigenvalue weighted by molar-refractivity contribution is 5.80. The van der Waals surface area contributed by atoms with E-state index >= 15 is 0 Å². The summed E-state index contributed by atoms with van der Waals surface area (Å²) in [4.78, 5) is 20.8. The quantitative estimate of drug-likeness (QED) is 0.796. The van der Waals surface area contributed by atoms with Crippen LogP contribution in [0.3, 0.4) is 0 Å². The molecule has 0 spiro atoms. The van der Waals surface area contributed by atoms with Crippen molar-refractivity contribution in [3.63, 3.8) is 0 Å². The summed E-state index contributed by atoms with van der Waals surface area (Å²) in [5, 5.41) is 11.1. The van der Waals surface area contributed by atoms with Crippen LogP contribution in [-0.4, -0.2) is 57.5 Å². The topological polar surface area (TPSA) is 64.4 Å². The monoisotopic (exact) mass is 391 g/mol. The van der Waals surface area contributed by atoms with Gasteiger partial charge in [-0.25, -0.2) is 4.98 Å². The lowest BCUT2D eigenvalue weighted by Gasteiger charge is -2.43. The molecule has 1 aliphatic carbocycles. The zero-order valence-corrected chi connectivity index (χ0v) is 16.7. The molecule has 2 aliphatic heterocycles. The Kier molecular flexibility index (Phi) is 4.87. The molecule has 5 rings (SSSR count). The van der Waals surface area contributed by atoms with Crippen molar-refractivity contribution in [2.24, 2.45) is 5.92 Å². The average molecular weight is 391 g/mol. The first-order valence-corrected chi connectivity index (χ1v) is 10.7. The van der Waals surface area contributed by atoms with Crippen molar-refractivity contribution in [2.45, 2.75) is 38.3 Å². The number of hydrogen-bond acceptors (Lipinski definition) is 5. The summed E-state index contributed by atoms with van der Waals surface area (Å²) in [6, 6.07) is 9.09. The fraction of sp³-hybridized carbons (Fsp3) is 0.478. The first-order chi connectivity index (χ1) is 14.2. The van der Waals surface area contributed by atoms with Crippen molar-refractivity contribution in [1.82, 2.24) is 19.4 Å². The molecule has 29 heavy (non-hydrogen) atoms. The van der Waals surface area contributed by atoms with Gasteiger partial charge in [0.15, 0.2) is 5.82 Å². The number of carboxylic acid groups (broad SMARTS) is 1. The smallest absolute Gasteiger partial charge is 0.156 e. The fourth-order valence-electron chi connectivity index (χ4n) is 5.12. The second-order valence-corrected chi connectivity index (χ2v) is 8.45. The van der Waals surface area contributed by atoms with Gasteiger partial charge in [0.1, 0.15) is 0 Å². The maximum absolute atomic E-state index is 11.1. The van der Waals surface area contributed by atoms with Gasteiger partial charge in [-0.2, -0.15) is 0 Å². The lowest BCUT2D eigenvalue weighted by Crippen LogP contribution is -2.51. The number of aliphatic carboxylic acids is 1. The van der Waals surface area contributed by atoms with E-state index in [0.29, 0.717) is 6.04 Å². The summed E-state index contributed by atoms with van der Waals surface area (Å²) in [5.41, 5.74) is 3.81. The van der Waals surface area contributed by atoms with Gasteiger partial charge in [-0.15, -0.1) is 0 Å². The van der Waals surface area contributed by atoms with E-state index in [1.807, 2.05) is 6.20 Å². The molecule has 0 unspecified atom stereocenters. The SMILES string of the molecule is O=C([O-])C1CCC(N2CCN(C3=Cc4ccccc4Cn4ccnc43)CC2)CC1. The molecule has 6 heteroatoms. The summed E-state index contributed by atoms with van der Waals surface area (Å²) in [5.74, 6) is -0.0731. The molecule has 1 saturated carbocycles. The van der Waals surface area contributed by atoms with E-state index in [0.717, 1.165) is 64.2 Å². The van der Waals surface area contributed by atoms with Gasteiger partial charge in [0.05, 0.1) is 5.70 Å². The van der Waals surface area contributed by atoms with Gasteiger partial charge < -0.3 is 19.4 Å². The van der Waals surface area contributed by atoms with Crippen LogP contribution in [0.15, 0.2) is 36.7 Å². The minimum atomic E-state index is -0.871. The van der Waals surface area contributed by atoms with Crippen molar-refractivity contribution < 1.29 is 9.90 Å². The summed E-state index contributed by atoms with van der Waals surface area (Å²) in [6.45, 7) is 4.83. The van der Waals surface area contributed by atoms with Gasteiger partial charge in [0.25, 0.3) is 0 Å². The second kappa shape index (κ2) is 7.67. The van der Waals surface area contributed by atoms with Gasteiger partial charge in [0, 0.05) is 57.1 Å². The lowest BCUT2D eigenvalue weighted by atomic mass is 9.85. The summed E-state index contributed by atoms with van der Waals surface area (Å²) in [7, 11) is 0. The molecule has 6 nitrogen and oxygen atoms in total. The number of imidazole rings is 1. The Bertz CT molecular complexity index is 918. The minimum absolute atomic E-state index is 0.248. The second-order valence-electron chi connectivity index (χ2n) is 8.45. The van der Waals surface area contributed by atoms with Crippen molar-refractivity contribution in [1.29, 1.82) is 0 Å². The molecular weight excluding hydrogens is 364 g/mol. The van der Waals surface area contributed by atoms with E-state index in [4.69, 9.17) is 0 Å². The Labute approximate surface area is 171 Å². The van der Waals surface area contributed by atoms with Crippen LogP contribution in [0.25, 0.3) is 11.8 Å². The van der Waals surface area contributed by atoms with E-state index in [1.54, 1.807) is 0 Å². The molecular formula is C23H27N4O2-. The van der Waals surface area contributed by atoms with Gasteiger partial charge in [-0.05, 0) is 48.8 Å². The van der Waals surface area contributed by atoms with Crippen LogP contribution >= 0.6 is 0 Å². The van der Waals surface area contributed by atoms with Crippen LogP contribution in [0.1, 0.15) is 42.6 Å². The summed E-state index contributed by atoms with van der Waals surface area (Å²) >= 11 is 0. The number of aromatic nitrogens is 2. The maximum atomic E-state index is 11.1. The third kappa shape index (κ3) is 3.57. The molecule has 1 saturated heterocycles. The lowest BCUT2D eigenvalue weighted by molar-refractivity contribution is -0.312. The molecule has 2 fully saturated rings. The Morgan fingerprint density at radius 2 is 1.79 bits per heavy atom. The highest BCUT2D eigenvalue weighted by Gasteiger charge is 2.30. The molecule has 1 aromatic carbocycles. The molecule has 0 radical (unpaired) electrons. The Morgan fingerprint density at radius 1 is 1.03 bits per heavy atom. The average Bonchev–Trinajstić information content (AvgIpc) is 3.15. The van der Waals surface area contributed by atoms with Crippen LogP contribution in [0.4, 0.5) is 0 Å². The van der Waals surface area contributed by atoms with Crippen LogP contribution < -0.4 is 5.11 Å². The number of fused-ring (bicyclic) bond motifs is 2. The molecule has 3 aliphatic rings. The van der Waals surface area contributed by atoms with Crippen LogP contribution in [0, 0.1) is 5.92 Å². The maximum Gasteiger partial charge on any atom is 0.156 e. The van der Waals surface area contributed by atoms with Crippen LogP contribution in [0.2, 0.25) is 0 Å². The van der Waals surface area contributed by atoms with E-state index in [2.05, 4.69) is 55.9 Å². The minimum Gasteiger partial charge on any atom is -0.550 e. The number of rotatable bonds is 3. The van der Waals surface area contributed by atoms with Gasteiger partial charge in [-0.1, -0.05) is 24.3 Å². The van der Waals surface area contributed by atoms with Gasteiger partial charge in [0.2, 0.25) is 0 Å². The largest absolute Gasteiger partial charge is 0.550 e. The van der Waals surface area contributed by atoms with Crippen LogP contribution in [0.5, 0.6) is 0 Å². The van der Waals surface area contributed by atoms with Crippen molar-refractivity contribution in [3.05, 3.63) is 53.6 Å². The number of hydrogen-bond donors (Lipinski definition) is 0. The van der Waals surface area contributed by atoms with Gasteiger partial charge >= 0.3 is 0 Å². The van der Waals surface area contributed by atoms with E-state index in [9.17, 15) is 9.90 Å². The third-order valence-electron chi connectivity index (χ3n) is 6.83. The zero-order chi connectivity index (χ0) is 19.8. The van der Waals surface area contributed by atoms with E-state index in [-0.39, 0.29) is 5.92 Å².